The predicted octanol–water partition coefficient (Wildman–Crippen LogP) is 7.80. The molecule has 0 amide bonds. The lowest BCUT2D eigenvalue weighted by atomic mass is 9.50. The van der Waals surface area contributed by atoms with Crippen LogP contribution in [0.4, 0.5) is 0 Å². The number of aryl methyl sites for hydroxylation is 1. The lowest BCUT2D eigenvalue weighted by Crippen LogP contribution is -2.50. The lowest BCUT2D eigenvalue weighted by Gasteiger charge is -2.55. The maximum atomic E-state index is 10.5. The van der Waals surface area contributed by atoms with Gasteiger partial charge in [-0.05, 0) is 81.9 Å². The molecule has 0 saturated heterocycles. The highest BCUT2D eigenvalue weighted by Gasteiger charge is 2.51. The third kappa shape index (κ3) is 3.78. The number of phenolic OH excluding ortho intramolecular Hbond substituents is 1. The molecular weight excluding hydrogens is 402 g/mol. The van der Waals surface area contributed by atoms with E-state index in [9.17, 15) is 5.11 Å². The molecule has 3 aromatic carbocycles. The molecule has 33 heavy (non-hydrogen) atoms. The van der Waals surface area contributed by atoms with Gasteiger partial charge in [-0.15, -0.1) is 0 Å². The number of nitrogens with zero attached hydrogens (tertiary/aromatic N) is 1. The topological polar surface area (TPSA) is 32.6 Å². The maximum absolute atomic E-state index is 10.5. The van der Waals surface area contributed by atoms with Crippen molar-refractivity contribution in [3.8, 4) is 5.75 Å². The highest BCUT2D eigenvalue weighted by atomic mass is 16.3. The molecule has 0 bridgehead atoms. The first kappa shape index (κ1) is 22.2. The van der Waals surface area contributed by atoms with Crippen molar-refractivity contribution in [3.63, 3.8) is 0 Å². The fraction of sp³-hybridized carbons (Fsp3) is 0.452. The van der Waals surface area contributed by atoms with Crippen LogP contribution >= 0.6 is 0 Å². The van der Waals surface area contributed by atoms with Crippen molar-refractivity contribution < 1.29 is 5.11 Å². The molecule has 1 N–H and O–H groups in total. The van der Waals surface area contributed by atoms with Crippen molar-refractivity contribution in [1.82, 2.24) is 0 Å². The quantitative estimate of drug-likeness (QED) is 0.413. The summed E-state index contributed by atoms with van der Waals surface area (Å²) in [4.78, 5) is 4.98. The van der Waals surface area contributed by atoms with Crippen LogP contribution in [0, 0.1) is 11.3 Å². The summed E-state index contributed by atoms with van der Waals surface area (Å²) in [6.07, 6.45) is 8.10. The molecule has 0 aromatic heterocycles. The molecule has 0 radical (unpaired) electrons. The molecule has 3 aromatic rings. The minimum absolute atomic E-state index is 0.179. The van der Waals surface area contributed by atoms with Crippen LogP contribution in [-0.2, 0) is 11.8 Å². The summed E-state index contributed by atoms with van der Waals surface area (Å²) < 4.78 is 0. The molecule has 2 aliphatic rings. The first-order chi connectivity index (χ1) is 15.8. The molecule has 3 atom stereocenters. The van der Waals surface area contributed by atoms with E-state index in [-0.39, 0.29) is 10.8 Å². The van der Waals surface area contributed by atoms with E-state index < -0.39 is 0 Å². The summed E-state index contributed by atoms with van der Waals surface area (Å²) in [5, 5.41) is 12.7. The van der Waals surface area contributed by atoms with Crippen LogP contribution < -0.4 is 0 Å². The molecule has 0 heterocycles. The zero-order valence-electron chi connectivity index (χ0n) is 20.6. The lowest BCUT2D eigenvalue weighted by molar-refractivity contribution is 0.0332. The van der Waals surface area contributed by atoms with Gasteiger partial charge in [0.05, 0.1) is 0 Å². The van der Waals surface area contributed by atoms with E-state index in [1.165, 1.54) is 37.7 Å². The summed E-state index contributed by atoms with van der Waals surface area (Å²) in [5.74, 6) is 1.52. The highest BCUT2D eigenvalue weighted by molar-refractivity contribution is 6.02. The average Bonchev–Trinajstić information content (AvgIpc) is 2.80. The summed E-state index contributed by atoms with van der Waals surface area (Å²) in [6.45, 7) is 10.4. The van der Waals surface area contributed by atoms with Gasteiger partial charge in [0, 0.05) is 18.3 Å². The van der Waals surface area contributed by atoms with Crippen molar-refractivity contribution in [2.24, 2.45) is 16.3 Å². The first-order valence-corrected chi connectivity index (χ1v) is 12.7. The van der Waals surface area contributed by atoms with Crippen LogP contribution in [0.25, 0.3) is 10.8 Å². The van der Waals surface area contributed by atoms with E-state index in [0.717, 1.165) is 22.9 Å². The van der Waals surface area contributed by atoms with Crippen LogP contribution in [0.1, 0.15) is 81.5 Å². The van der Waals surface area contributed by atoms with Gasteiger partial charge in [-0.25, -0.2) is 0 Å². The molecule has 0 spiro atoms. The summed E-state index contributed by atoms with van der Waals surface area (Å²) >= 11 is 0. The first-order valence-electron chi connectivity index (χ1n) is 12.7. The highest BCUT2D eigenvalue weighted by Crippen LogP contribution is 2.57. The Labute approximate surface area is 198 Å². The van der Waals surface area contributed by atoms with Gasteiger partial charge in [0.1, 0.15) is 5.75 Å². The molecule has 2 nitrogen and oxygen atoms in total. The fourth-order valence-electron chi connectivity index (χ4n) is 6.96. The molecule has 5 rings (SSSR count). The molecule has 0 unspecified atom stereocenters. The van der Waals surface area contributed by atoms with Gasteiger partial charge in [-0.1, -0.05) is 82.6 Å². The molecule has 1 saturated carbocycles. The number of phenols is 1. The number of hydrogen-bond donors (Lipinski definition) is 1. The molecule has 1 fully saturated rings. The monoisotopic (exact) mass is 439 g/mol. The average molecular weight is 440 g/mol. The number of aromatic hydroxyl groups is 1. The second kappa shape index (κ2) is 8.31. The molecule has 172 valence electrons. The number of hydrogen-bond acceptors (Lipinski definition) is 2. The van der Waals surface area contributed by atoms with E-state index in [2.05, 4.69) is 58.0 Å². The molecule has 2 heteroatoms. The summed E-state index contributed by atoms with van der Waals surface area (Å²) in [5.41, 5.74) is 5.88. The minimum atomic E-state index is 0.179. The van der Waals surface area contributed by atoms with Crippen LogP contribution in [0.2, 0.25) is 0 Å². The second-order valence-corrected chi connectivity index (χ2v) is 11.3. The number of aliphatic imine (C=N–C) groups is 1. The van der Waals surface area contributed by atoms with E-state index >= 15 is 0 Å². The summed E-state index contributed by atoms with van der Waals surface area (Å²) in [6, 6.07) is 19.3. The van der Waals surface area contributed by atoms with E-state index in [1.54, 1.807) is 17.2 Å². The molecule has 2 aliphatic carbocycles. The zero-order valence-corrected chi connectivity index (χ0v) is 20.6. The Morgan fingerprint density at radius 3 is 2.70 bits per heavy atom. The van der Waals surface area contributed by atoms with Crippen molar-refractivity contribution in [2.75, 3.05) is 6.54 Å². The predicted molar refractivity (Wildman–Crippen MR) is 140 cm³/mol. The zero-order chi connectivity index (χ0) is 23.2. The van der Waals surface area contributed by atoms with Gasteiger partial charge >= 0.3 is 0 Å². The van der Waals surface area contributed by atoms with Gasteiger partial charge in [-0.3, -0.25) is 4.99 Å². The van der Waals surface area contributed by atoms with Gasteiger partial charge in [-0.2, -0.15) is 0 Å². The number of fused-ring (bicyclic) bond motifs is 4. The van der Waals surface area contributed by atoms with E-state index in [4.69, 9.17) is 4.99 Å². The smallest absolute Gasteiger partial charge is 0.124 e. The van der Waals surface area contributed by atoms with Crippen molar-refractivity contribution in [2.45, 2.75) is 71.1 Å². The number of rotatable bonds is 4. The van der Waals surface area contributed by atoms with Gasteiger partial charge in [0.15, 0.2) is 0 Å². The van der Waals surface area contributed by atoms with Gasteiger partial charge in [0.25, 0.3) is 0 Å². The van der Waals surface area contributed by atoms with E-state index in [0.29, 0.717) is 17.6 Å². The van der Waals surface area contributed by atoms with Crippen molar-refractivity contribution >= 4 is 17.0 Å². The maximum Gasteiger partial charge on any atom is 0.124 e. The summed E-state index contributed by atoms with van der Waals surface area (Å²) in [7, 11) is 0. The minimum Gasteiger partial charge on any atom is -0.507 e. The largest absolute Gasteiger partial charge is 0.507 e. The normalized spacial score (nSPS) is 27.1. The SMILES string of the molecule is CC(C)c1ccc2c(c1)CC[C@H]1[C@](C)(CN=Cc3c(O)ccc4ccccc34)CCC[C@]21C. The Hall–Kier alpha value is -2.61. The van der Waals surface area contributed by atoms with Gasteiger partial charge < -0.3 is 5.11 Å². The fourth-order valence-corrected chi connectivity index (χ4v) is 6.96. The van der Waals surface area contributed by atoms with Crippen molar-refractivity contribution in [1.29, 1.82) is 0 Å². The van der Waals surface area contributed by atoms with Crippen molar-refractivity contribution in [3.05, 3.63) is 76.9 Å². The third-order valence-electron chi connectivity index (χ3n) is 8.79. The van der Waals surface area contributed by atoms with Crippen LogP contribution in [0.15, 0.2) is 59.6 Å². The van der Waals surface area contributed by atoms with Crippen LogP contribution in [0.3, 0.4) is 0 Å². The molecule has 0 aliphatic heterocycles. The second-order valence-electron chi connectivity index (χ2n) is 11.3. The Bertz CT molecular complexity index is 1210. The number of benzene rings is 3. The third-order valence-corrected chi connectivity index (χ3v) is 8.79. The van der Waals surface area contributed by atoms with Gasteiger partial charge in [0.2, 0.25) is 0 Å². The Morgan fingerprint density at radius 1 is 1.06 bits per heavy atom. The Balaban J connectivity index is 1.44. The standard InChI is InChI=1S/C31H37NO/c1-21(2)23-10-13-27-24(18-23)12-15-29-30(3,16-7-17-31(27,29)4)20-32-19-26-25-9-6-5-8-22(25)11-14-28(26)33/h5-6,8-11,13-14,18-19,21,29,33H,7,12,15-17,20H2,1-4H3/t29-,30-,31+/m0/s1. The molecular formula is C31H37NO. The Morgan fingerprint density at radius 2 is 1.88 bits per heavy atom. The van der Waals surface area contributed by atoms with E-state index in [1.807, 2.05) is 24.4 Å². The van der Waals surface area contributed by atoms with Crippen LogP contribution in [-0.4, -0.2) is 17.9 Å². The Kier molecular flexibility index (Phi) is 5.59. The van der Waals surface area contributed by atoms with Crippen LogP contribution in [0.5, 0.6) is 5.75 Å².